The smallest absolute Gasteiger partial charge is 0.233 e. The van der Waals surface area contributed by atoms with Crippen LogP contribution in [0.3, 0.4) is 0 Å². The third kappa shape index (κ3) is 4.99. The van der Waals surface area contributed by atoms with E-state index in [4.69, 9.17) is 0 Å². The number of aromatic nitrogens is 2. The number of hydrogen-bond donors (Lipinski definition) is 2. The second-order valence-corrected chi connectivity index (χ2v) is 5.91. The molecule has 2 rings (SSSR count). The molecular weight excluding hydrogens is 284 g/mol. The third-order valence-electron chi connectivity index (χ3n) is 3.57. The lowest BCUT2D eigenvalue weighted by molar-refractivity contribution is -0.120. The van der Waals surface area contributed by atoms with Crippen molar-refractivity contribution in [1.29, 1.82) is 0 Å². The molecule has 21 heavy (non-hydrogen) atoms. The number of nitrogens with zero attached hydrogens (tertiary/aromatic N) is 2. The van der Waals surface area contributed by atoms with Gasteiger partial charge >= 0.3 is 0 Å². The van der Waals surface area contributed by atoms with E-state index in [1.54, 1.807) is 17.5 Å². The largest absolute Gasteiger partial charge is 0.355 e. The summed E-state index contributed by atoms with van der Waals surface area (Å²) >= 11 is 1.68. The zero-order chi connectivity index (χ0) is 15.1. The van der Waals surface area contributed by atoms with Gasteiger partial charge in [0, 0.05) is 25.0 Å². The molecule has 0 radical (unpaired) electrons. The average molecular weight is 306 g/mol. The quantitative estimate of drug-likeness (QED) is 0.782. The van der Waals surface area contributed by atoms with Crippen LogP contribution in [-0.4, -0.2) is 34.8 Å². The van der Waals surface area contributed by atoms with E-state index in [0.29, 0.717) is 13.1 Å². The number of amides is 1. The molecule has 0 bridgehead atoms. The molecule has 2 atom stereocenters. The van der Waals surface area contributed by atoms with Crippen molar-refractivity contribution >= 4 is 17.2 Å². The van der Waals surface area contributed by atoms with Crippen molar-refractivity contribution in [2.24, 2.45) is 0 Å². The van der Waals surface area contributed by atoms with E-state index in [-0.39, 0.29) is 18.0 Å². The van der Waals surface area contributed by atoms with Crippen LogP contribution in [0, 0.1) is 0 Å². The Morgan fingerprint density at radius 3 is 3.00 bits per heavy atom. The Bertz CT molecular complexity index is 524. The number of carbonyl (C=O) groups excluding carboxylic acids is 1. The van der Waals surface area contributed by atoms with Gasteiger partial charge in [0.25, 0.3) is 0 Å². The second kappa shape index (κ2) is 7.95. The Balaban J connectivity index is 1.64. The van der Waals surface area contributed by atoms with Gasteiger partial charge in [-0.25, -0.2) is 0 Å². The Hall–Kier alpha value is -1.66. The van der Waals surface area contributed by atoms with E-state index in [1.807, 2.05) is 16.9 Å². The zero-order valence-corrected chi connectivity index (χ0v) is 13.3. The first-order valence-electron chi connectivity index (χ1n) is 7.17. The molecule has 0 saturated heterocycles. The van der Waals surface area contributed by atoms with Crippen molar-refractivity contribution in [3.8, 4) is 0 Å². The van der Waals surface area contributed by atoms with Crippen molar-refractivity contribution in [2.75, 3.05) is 13.1 Å². The van der Waals surface area contributed by atoms with Crippen LogP contribution in [0.5, 0.6) is 0 Å². The van der Waals surface area contributed by atoms with Crippen molar-refractivity contribution in [3.05, 3.63) is 40.8 Å². The predicted octanol–water partition coefficient (Wildman–Crippen LogP) is 1.84. The fourth-order valence-electron chi connectivity index (χ4n) is 2.02. The highest BCUT2D eigenvalue weighted by molar-refractivity contribution is 7.07. The lowest BCUT2D eigenvalue weighted by Gasteiger charge is -2.21. The molecule has 0 aliphatic rings. The maximum absolute atomic E-state index is 11.8. The molecular formula is C15H22N4OS. The summed E-state index contributed by atoms with van der Waals surface area (Å²) in [7, 11) is 0. The van der Waals surface area contributed by atoms with E-state index in [0.717, 1.165) is 6.42 Å². The number of carbonyl (C=O) groups is 1. The van der Waals surface area contributed by atoms with Gasteiger partial charge in [-0.15, -0.1) is 0 Å². The lowest BCUT2D eigenvalue weighted by Crippen LogP contribution is -2.41. The van der Waals surface area contributed by atoms with Crippen LogP contribution in [0.4, 0.5) is 0 Å². The maximum atomic E-state index is 11.8. The molecule has 0 spiro atoms. The number of hydrogen-bond acceptors (Lipinski definition) is 4. The van der Waals surface area contributed by atoms with Gasteiger partial charge in [0.05, 0.1) is 12.6 Å². The molecule has 114 valence electrons. The van der Waals surface area contributed by atoms with Crippen LogP contribution in [0.25, 0.3) is 0 Å². The molecule has 0 fully saturated rings. The first-order chi connectivity index (χ1) is 10.2. The monoisotopic (exact) mass is 306 g/mol. The van der Waals surface area contributed by atoms with Gasteiger partial charge in [-0.3, -0.25) is 9.48 Å². The molecule has 0 aromatic carbocycles. The minimum atomic E-state index is 0.0322. The first-order valence-corrected chi connectivity index (χ1v) is 8.11. The predicted molar refractivity (Wildman–Crippen MR) is 85.4 cm³/mol. The second-order valence-electron chi connectivity index (χ2n) is 5.13. The standard InChI is InChI=1S/C15H22N4OS/c1-12(13(2)19-8-3-6-18-19)17-10-15(20)16-7-4-14-5-9-21-11-14/h3,5-6,8-9,11-13,17H,4,7,10H2,1-2H3,(H,16,20)/t12-,13+/m1/s1. The summed E-state index contributed by atoms with van der Waals surface area (Å²) < 4.78 is 1.89. The summed E-state index contributed by atoms with van der Waals surface area (Å²) in [6.45, 7) is 5.15. The minimum Gasteiger partial charge on any atom is -0.355 e. The Kier molecular flexibility index (Phi) is 5.95. The topological polar surface area (TPSA) is 59.0 Å². The fraction of sp³-hybridized carbons (Fsp3) is 0.467. The highest BCUT2D eigenvalue weighted by atomic mass is 32.1. The summed E-state index contributed by atoms with van der Waals surface area (Å²) in [5.41, 5.74) is 1.27. The van der Waals surface area contributed by atoms with Gasteiger partial charge in [0.1, 0.15) is 0 Å². The molecule has 2 heterocycles. The molecule has 0 unspecified atom stereocenters. The van der Waals surface area contributed by atoms with Gasteiger partial charge in [-0.1, -0.05) is 0 Å². The van der Waals surface area contributed by atoms with Crippen LogP contribution in [0.15, 0.2) is 35.3 Å². The summed E-state index contributed by atoms with van der Waals surface area (Å²) in [4.78, 5) is 11.8. The molecule has 6 heteroatoms. The summed E-state index contributed by atoms with van der Waals surface area (Å²) in [6.07, 6.45) is 4.58. The van der Waals surface area contributed by atoms with Gasteiger partial charge in [0.2, 0.25) is 5.91 Å². The molecule has 5 nitrogen and oxygen atoms in total. The van der Waals surface area contributed by atoms with E-state index in [1.165, 1.54) is 5.56 Å². The normalized spacial score (nSPS) is 13.8. The van der Waals surface area contributed by atoms with Crippen LogP contribution in [0.1, 0.15) is 25.5 Å². The highest BCUT2D eigenvalue weighted by Crippen LogP contribution is 2.08. The molecule has 0 aliphatic carbocycles. The number of rotatable bonds is 8. The van der Waals surface area contributed by atoms with E-state index in [9.17, 15) is 4.79 Å². The van der Waals surface area contributed by atoms with Gasteiger partial charge in [-0.2, -0.15) is 16.4 Å². The lowest BCUT2D eigenvalue weighted by atomic mass is 10.2. The van der Waals surface area contributed by atoms with Crippen molar-refractivity contribution in [2.45, 2.75) is 32.4 Å². The summed E-state index contributed by atoms with van der Waals surface area (Å²) in [5.74, 6) is 0.0322. The maximum Gasteiger partial charge on any atom is 0.233 e. The van der Waals surface area contributed by atoms with E-state index >= 15 is 0 Å². The van der Waals surface area contributed by atoms with Crippen LogP contribution < -0.4 is 10.6 Å². The Labute approximate surface area is 129 Å². The number of nitrogens with one attached hydrogen (secondary N) is 2. The van der Waals surface area contributed by atoms with Crippen LogP contribution in [-0.2, 0) is 11.2 Å². The molecule has 2 N–H and O–H groups in total. The third-order valence-corrected chi connectivity index (χ3v) is 4.30. The average Bonchev–Trinajstić information content (AvgIpc) is 3.16. The summed E-state index contributed by atoms with van der Waals surface area (Å²) in [6, 6.07) is 4.37. The van der Waals surface area contributed by atoms with Crippen molar-refractivity contribution in [3.63, 3.8) is 0 Å². The zero-order valence-electron chi connectivity index (χ0n) is 12.5. The molecule has 1 amide bonds. The first kappa shape index (κ1) is 15.7. The SMILES string of the molecule is C[C@@H](NCC(=O)NCCc1ccsc1)[C@H](C)n1cccn1. The molecule has 2 aromatic heterocycles. The molecule has 2 aromatic rings. The number of thiophene rings is 1. The van der Waals surface area contributed by atoms with E-state index in [2.05, 4.69) is 46.4 Å². The van der Waals surface area contributed by atoms with E-state index < -0.39 is 0 Å². The van der Waals surface area contributed by atoms with Crippen LogP contribution >= 0.6 is 11.3 Å². The van der Waals surface area contributed by atoms with Gasteiger partial charge < -0.3 is 10.6 Å². The minimum absolute atomic E-state index is 0.0322. The van der Waals surface area contributed by atoms with Crippen molar-refractivity contribution < 1.29 is 4.79 Å². The molecule has 0 aliphatic heterocycles. The highest BCUT2D eigenvalue weighted by Gasteiger charge is 2.14. The fourth-order valence-corrected chi connectivity index (χ4v) is 2.72. The van der Waals surface area contributed by atoms with Gasteiger partial charge in [0.15, 0.2) is 0 Å². The Morgan fingerprint density at radius 1 is 1.48 bits per heavy atom. The summed E-state index contributed by atoms with van der Waals surface area (Å²) in [5, 5.41) is 14.6. The Morgan fingerprint density at radius 2 is 2.33 bits per heavy atom. The van der Waals surface area contributed by atoms with Crippen LogP contribution in [0.2, 0.25) is 0 Å². The molecule has 0 saturated carbocycles. The van der Waals surface area contributed by atoms with Gasteiger partial charge in [-0.05, 0) is 48.7 Å². The van der Waals surface area contributed by atoms with Crippen molar-refractivity contribution in [1.82, 2.24) is 20.4 Å².